The molecular weight excluding hydrogens is 242 g/mol. The highest BCUT2D eigenvalue weighted by Gasteiger charge is 2.47. The predicted octanol–water partition coefficient (Wildman–Crippen LogP) is 4.05. The minimum absolute atomic E-state index is 0.115. The van der Waals surface area contributed by atoms with Gasteiger partial charge in [0, 0.05) is 0 Å². The van der Waals surface area contributed by atoms with E-state index in [1.54, 1.807) is 0 Å². The molecule has 0 atom stereocenters. The molecule has 0 amide bonds. The predicted molar refractivity (Wildman–Crippen MR) is 82.6 cm³/mol. The molecule has 102 valence electrons. The topological polar surface area (TPSA) is 3.24 Å². The molecule has 20 heavy (non-hydrogen) atoms. The van der Waals surface area contributed by atoms with Crippen LogP contribution in [0, 0.1) is 5.92 Å². The molecule has 2 bridgehead atoms. The number of fused-ring (bicyclic) bond motifs is 3. The molecule has 2 aromatic carbocycles. The van der Waals surface area contributed by atoms with Gasteiger partial charge in [-0.1, -0.05) is 60.7 Å². The Hall–Kier alpha value is -1.60. The fraction of sp³-hybridized carbons (Fsp3) is 0.368. The molecule has 2 aromatic rings. The smallest absolute Gasteiger partial charge is 0.0718 e. The molecule has 5 rings (SSSR count). The van der Waals surface area contributed by atoms with Crippen LogP contribution in [0.2, 0.25) is 0 Å². The number of hydrogen-bond donors (Lipinski definition) is 0. The van der Waals surface area contributed by atoms with Gasteiger partial charge in [0.2, 0.25) is 0 Å². The van der Waals surface area contributed by atoms with E-state index in [1.807, 2.05) is 0 Å². The summed E-state index contributed by atoms with van der Waals surface area (Å²) < 4.78 is 0. The monoisotopic (exact) mass is 263 g/mol. The molecule has 0 N–H and O–H groups in total. The Morgan fingerprint density at radius 2 is 1.25 bits per heavy atom. The average molecular weight is 263 g/mol. The maximum absolute atomic E-state index is 2.72. The SMILES string of the molecule is c1ccc(C2(c3ccccc3)CC3CCN2CC3)cc1. The van der Waals surface area contributed by atoms with Crippen molar-refractivity contribution in [3.05, 3.63) is 71.8 Å². The van der Waals surface area contributed by atoms with Crippen molar-refractivity contribution in [3.63, 3.8) is 0 Å². The average Bonchev–Trinajstić information content (AvgIpc) is 2.57. The van der Waals surface area contributed by atoms with Crippen molar-refractivity contribution in [2.45, 2.75) is 24.8 Å². The number of nitrogens with zero attached hydrogens (tertiary/aromatic N) is 1. The number of piperidine rings is 3. The third kappa shape index (κ3) is 1.73. The fourth-order valence-electron chi connectivity index (χ4n) is 4.26. The van der Waals surface area contributed by atoms with Crippen LogP contribution < -0.4 is 0 Å². The molecule has 0 saturated carbocycles. The lowest BCUT2D eigenvalue weighted by Gasteiger charge is -2.55. The molecule has 3 aliphatic rings. The molecule has 3 fully saturated rings. The van der Waals surface area contributed by atoms with Crippen LogP contribution in [-0.4, -0.2) is 18.0 Å². The lowest BCUT2D eigenvalue weighted by molar-refractivity contribution is -0.00694. The van der Waals surface area contributed by atoms with Gasteiger partial charge in [0.25, 0.3) is 0 Å². The summed E-state index contributed by atoms with van der Waals surface area (Å²) in [5.74, 6) is 0.889. The van der Waals surface area contributed by atoms with E-state index in [9.17, 15) is 0 Å². The van der Waals surface area contributed by atoms with Gasteiger partial charge in [0.05, 0.1) is 5.54 Å². The van der Waals surface area contributed by atoms with Crippen LogP contribution in [0.3, 0.4) is 0 Å². The molecule has 3 aliphatic heterocycles. The highest BCUT2D eigenvalue weighted by atomic mass is 15.2. The van der Waals surface area contributed by atoms with Crippen molar-refractivity contribution in [2.24, 2.45) is 5.92 Å². The van der Waals surface area contributed by atoms with Crippen molar-refractivity contribution in [1.82, 2.24) is 4.90 Å². The van der Waals surface area contributed by atoms with Crippen LogP contribution in [0.5, 0.6) is 0 Å². The van der Waals surface area contributed by atoms with Gasteiger partial charge in [-0.25, -0.2) is 0 Å². The van der Waals surface area contributed by atoms with Crippen LogP contribution in [0.15, 0.2) is 60.7 Å². The maximum Gasteiger partial charge on any atom is 0.0718 e. The lowest BCUT2D eigenvalue weighted by atomic mass is 9.68. The zero-order valence-corrected chi connectivity index (χ0v) is 11.8. The van der Waals surface area contributed by atoms with E-state index in [0.717, 1.165) is 5.92 Å². The van der Waals surface area contributed by atoms with Crippen LogP contribution in [0.1, 0.15) is 30.4 Å². The Labute approximate surface area is 121 Å². The second kappa shape index (κ2) is 4.75. The standard InChI is InChI=1S/C19H21N/c1-3-7-17(8-4-1)19(18-9-5-2-6-10-18)15-16-11-13-20(19)14-12-16/h1-10,16H,11-15H2. The summed E-state index contributed by atoms with van der Waals surface area (Å²) in [4.78, 5) is 2.72. The summed E-state index contributed by atoms with van der Waals surface area (Å²) in [6.07, 6.45) is 4.03. The first-order chi connectivity index (χ1) is 9.89. The Morgan fingerprint density at radius 1 is 0.750 bits per heavy atom. The molecule has 0 aliphatic carbocycles. The Bertz CT molecular complexity index is 528. The Kier molecular flexibility index (Phi) is 2.89. The first kappa shape index (κ1) is 12.2. The highest BCUT2D eigenvalue weighted by molar-refractivity contribution is 5.40. The Morgan fingerprint density at radius 3 is 1.65 bits per heavy atom. The molecule has 0 unspecified atom stereocenters. The van der Waals surface area contributed by atoms with E-state index >= 15 is 0 Å². The number of benzene rings is 2. The molecule has 0 aromatic heterocycles. The van der Waals surface area contributed by atoms with Crippen LogP contribution in [0.25, 0.3) is 0 Å². The van der Waals surface area contributed by atoms with Gasteiger partial charge in [0.1, 0.15) is 0 Å². The van der Waals surface area contributed by atoms with Gasteiger partial charge in [-0.2, -0.15) is 0 Å². The van der Waals surface area contributed by atoms with Gasteiger partial charge in [-0.3, -0.25) is 4.90 Å². The quantitative estimate of drug-likeness (QED) is 0.790. The molecule has 0 spiro atoms. The maximum atomic E-state index is 2.72. The zero-order chi connectivity index (χ0) is 13.4. The van der Waals surface area contributed by atoms with Gasteiger partial charge < -0.3 is 0 Å². The van der Waals surface area contributed by atoms with Gasteiger partial charge in [-0.15, -0.1) is 0 Å². The van der Waals surface area contributed by atoms with Crippen LogP contribution in [-0.2, 0) is 5.54 Å². The van der Waals surface area contributed by atoms with E-state index < -0.39 is 0 Å². The molecule has 1 nitrogen and oxygen atoms in total. The molecule has 1 heteroatoms. The third-order valence-corrected chi connectivity index (χ3v) is 5.24. The van der Waals surface area contributed by atoms with Gasteiger partial charge in [-0.05, 0) is 49.4 Å². The highest BCUT2D eigenvalue weighted by Crippen LogP contribution is 2.49. The van der Waals surface area contributed by atoms with Crippen LogP contribution in [0.4, 0.5) is 0 Å². The zero-order valence-electron chi connectivity index (χ0n) is 11.8. The van der Waals surface area contributed by atoms with Crippen LogP contribution >= 0.6 is 0 Å². The third-order valence-electron chi connectivity index (χ3n) is 5.24. The molecule has 0 radical (unpaired) electrons. The normalized spacial score (nSPS) is 27.4. The molecular formula is C19H21N. The largest absolute Gasteiger partial charge is 0.290 e. The van der Waals surface area contributed by atoms with E-state index in [2.05, 4.69) is 65.6 Å². The molecule has 3 heterocycles. The van der Waals surface area contributed by atoms with E-state index in [1.165, 1.54) is 43.5 Å². The Balaban J connectivity index is 1.90. The first-order valence-electron chi connectivity index (χ1n) is 7.76. The van der Waals surface area contributed by atoms with E-state index in [-0.39, 0.29) is 5.54 Å². The summed E-state index contributed by atoms with van der Waals surface area (Å²) in [7, 11) is 0. The van der Waals surface area contributed by atoms with Gasteiger partial charge in [0.15, 0.2) is 0 Å². The molecule has 3 saturated heterocycles. The van der Waals surface area contributed by atoms with E-state index in [4.69, 9.17) is 0 Å². The number of hydrogen-bond acceptors (Lipinski definition) is 1. The summed E-state index contributed by atoms with van der Waals surface area (Å²) in [6.45, 7) is 2.49. The minimum Gasteiger partial charge on any atom is -0.290 e. The number of rotatable bonds is 2. The minimum atomic E-state index is 0.115. The van der Waals surface area contributed by atoms with Gasteiger partial charge >= 0.3 is 0 Å². The summed E-state index contributed by atoms with van der Waals surface area (Å²) >= 11 is 0. The van der Waals surface area contributed by atoms with Crippen molar-refractivity contribution in [2.75, 3.05) is 13.1 Å². The summed E-state index contributed by atoms with van der Waals surface area (Å²) in [6, 6.07) is 22.2. The second-order valence-corrected chi connectivity index (χ2v) is 6.23. The first-order valence-corrected chi connectivity index (χ1v) is 7.76. The summed E-state index contributed by atoms with van der Waals surface area (Å²) in [5, 5.41) is 0. The van der Waals surface area contributed by atoms with Crippen molar-refractivity contribution in [3.8, 4) is 0 Å². The lowest BCUT2D eigenvalue weighted by Crippen LogP contribution is -2.56. The van der Waals surface area contributed by atoms with Crippen molar-refractivity contribution < 1.29 is 0 Å². The second-order valence-electron chi connectivity index (χ2n) is 6.23. The van der Waals surface area contributed by atoms with Crippen molar-refractivity contribution >= 4 is 0 Å². The van der Waals surface area contributed by atoms with Crippen molar-refractivity contribution in [1.29, 1.82) is 0 Å². The summed E-state index contributed by atoms with van der Waals surface area (Å²) in [5.41, 5.74) is 3.05. The fourth-order valence-corrected chi connectivity index (χ4v) is 4.26. The van der Waals surface area contributed by atoms with E-state index in [0.29, 0.717) is 0 Å².